The first-order valence-electron chi connectivity index (χ1n) is 7.26. The fourth-order valence-electron chi connectivity index (χ4n) is 2.51. The van der Waals surface area contributed by atoms with E-state index in [-0.39, 0.29) is 5.56 Å². The SMILES string of the molecule is CCn1c(-c2ccc(OC)c(OC)c2)ccc(CNC)c1=O. The lowest BCUT2D eigenvalue weighted by Crippen LogP contribution is -2.26. The van der Waals surface area contributed by atoms with Crippen LogP contribution in [0.4, 0.5) is 0 Å². The second-order valence-electron chi connectivity index (χ2n) is 4.89. The van der Waals surface area contributed by atoms with E-state index in [0.717, 1.165) is 16.8 Å². The van der Waals surface area contributed by atoms with Crippen LogP contribution in [0.5, 0.6) is 11.5 Å². The average Bonchev–Trinajstić information content (AvgIpc) is 2.56. The summed E-state index contributed by atoms with van der Waals surface area (Å²) < 4.78 is 12.4. The number of hydrogen-bond donors (Lipinski definition) is 1. The number of pyridine rings is 1. The van der Waals surface area contributed by atoms with Gasteiger partial charge in [0.05, 0.1) is 19.9 Å². The van der Waals surface area contributed by atoms with Gasteiger partial charge in [-0.05, 0) is 38.2 Å². The maximum atomic E-state index is 12.5. The van der Waals surface area contributed by atoms with Crippen LogP contribution in [-0.4, -0.2) is 25.8 Å². The number of hydrogen-bond acceptors (Lipinski definition) is 4. The van der Waals surface area contributed by atoms with Crippen molar-refractivity contribution in [1.29, 1.82) is 0 Å². The zero-order chi connectivity index (χ0) is 16.1. The monoisotopic (exact) mass is 302 g/mol. The summed E-state index contributed by atoms with van der Waals surface area (Å²) in [4.78, 5) is 12.5. The van der Waals surface area contributed by atoms with Gasteiger partial charge in [0.1, 0.15) is 0 Å². The van der Waals surface area contributed by atoms with Gasteiger partial charge in [-0.25, -0.2) is 0 Å². The van der Waals surface area contributed by atoms with E-state index in [2.05, 4.69) is 5.32 Å². The van der Waals surface area contributed by atoms with Crippen LogP contribution in [0.3, 0.4) is 0 Å². The van der Waals surface area contributed by atoms with Gasteiger partial charge in [0.15, 0.2) is 11.5 Å². The van der Waals surface area contributed by atoms with Crippen molar-refractivity contribution in [3.05, 3.63) is 46.2 Å². The van der Waals surface area contributed by atoms with E-state index >= 15 is 0 Å². The van der Waals surface area contributed by atoms with Crippen molar-refractivity contribution in [3.8, 4) is 22.8 Å². The Kier molecular flexibility index (Phi) is 5.22. The molecule has 0 saturated heterocycles. The first-order chi connectivity index (χ1) is 10.7. The molecule has 0 fully saturated rings. The van der Waals surface area contributed by atoms with Crippen molar-refractivity contribution in [2.75, 3.05) is 21.3 Å². The molecule has 5 nitrogen and oxygen atoms in total. The lowest BCUT2D eigenvalue weighted by molar-refractivity contribution is 0.355. The van der Waals surface area contributed by atoms with Gasteiger partial charge < -0.3 is 19.4 Å². The highest BCUT2D eigenvalue weighted by Crippen LogP contribution is 2.31. The molecule has 0 unspecified atom stereocenters. The van der Waals surface area contributed by atoms with E-state index in [1.807, 2.05) is 44.3 Å². The summed E-state index contributed by atoms with van der Waals surface area (Å²) in [5.74, 6) is 1.32. The van der Waals surface area contributed by atoms with E-state index < -0.39 is 0 Å². The topological polar surface area (TPSA) is 52.5 Å². The van der Waals surface area contributed by atoms with Crippen molar-refractivity contribution in [3.63, 3.8) is 0 Å². The van der Waals surface area contributed by atoms with Crippen molar-refractivity contribution in [2.45, 2.75) is 20.0 Å². The summed E-state index contributed by atoms with van der Waals surface area (Å²) in [5.41, 5.74) is 2.58. The van der Waals surface area contributed by atoms with Gasteiger partial charge in [0.25, 0.3) is 5.56 Å². The van der Waals surface area contributed by atoms with Gasteiger partial charge in [0, 0.05) is 24.2 Å². The van der Waals surface area contributed by atoms with Gasteiger partial charge in [-0.1, -0.05) is 6.07 Å². The second kappa shape index (κ2) is 7.13. The third kappa shape index (κ3) is 2.99. The minimum atomic E-state index is 0.0316. The first-order valence-corrected chi connectivity index (χ1v) is 7.26. The molecule has 0 radical (unpaired) electrons. The maximum absolute atomic E-state index is 12.5. The smallest absolute Gasteiger partial charge is 0.255 e. The number of nitrogens with one attached hydrogen (secondary N) is 1. The molecule has 1 aromatic carbocycles. The van der Waals surface area contributed by atoms with Crippen LogP contribution >= 0.6 is 0 Å². The summed E-state index contributed by atoms with van der Waals surface area (Å²) in [7, 11) is 5.04. The quantitative estimate of drug-likeness (QED) is 0.889. The molecule has 0 spiro atoms. The lowest BCUT2D eigenvalue weighted by atomic mass is 10.1. The highest BCUT2D eigenvalue weighted by molar-refractivity contribution is 5.64. The number of ether oxygens (including phenoxy) is 2. The Bertz CT molecular complexity index is 708. The number of methoxy groups -OCH3 is 2. The van der Waals surface area contributed by atoms with Crippen molar-refractivity contribution in [2.24, 2.45) is 0 Å². The van der Waals surface area contributed by atoms with Gasteiger partial charge in [-0.3, -0.25) is 4.79 Å². The highest BCUT2D eigenvalue weighted by Gasteiger charge is 2.11. The second-order valence-corrected chi connectivity index (χ2v) is 4.89. The zero-order valence-corrected chi connectivity index (χ0v) is 13.5. The molecular weight excluding hydrogens is 280 g/mol. The van der Waals surface area contributed by atoms with Crippen molar-refractivity contribution < 1.29 is 9.47 Å². The fourth-order valence-corrected chi connectivity index (χ4v) is 2.51. The summed E-state index contributed by atoms with van der Waals surface area (Å²) in [5, 5.41) is 3.02. The molecule has 0 amide bonds. The summed E-state index contributed by atoms with van der Waals surface area (Å²) in [6.45, 7) is 3.14. The molecule has 1 N–H and O–H groups in total. The van der Waals surface area contributed by atoms with Crippen LogP contribution in [0.25, 0.3) is 11.3 Å². The molecule has 2 aromatic rings. The molecule has 1 aromatic heterocycles. The van der Waals surface area contributed by atoms with E-state index in [4.69, 9.17) is 9.47 Å². The Morgan fingerprint density at radius 3 is 2.41 bits per heavy atom. The predicted octanol–water partition coefficient (Wildman–Crippen LogP) is 2.27. The normalized spacial score (nSPS) is 10.5. The number of benzene rings is 1. The molecule has 0 aliphatic carbocycles. The van der Waals surface area contributed by atoms with Gasteiger partial charge in [-0.15, -0.1) is 0 Å². The average molecular weight is 302 g/mol. The molecule has 0 aliphatic heterocycles. The standard InChI is InChI=1S/C17H22N2O3/c1-5-19-14(8-6-13(11-18-2)17(19)20)12-7-9-15(21-3)16(10-12)22-4/h6-10,18H,5,11H2,1-4H3. The molecule has 22 heavy (non-hydrogen) atoms. The summed E-state index contributed by atoms with van der Waals surface area (Å²) in [6, 6.07) is 9.51. The van der Waals surface area contributed by atoms with Crippen LogP contribution in [-0.2, 0) is 13.1 Å². The fraction of sp³-hybridized carbons (Fsp3) is 0.353. The molecule has 0 saturated carbocycles. The predicted molar refractivity (Wildman–Crippen MR) is 87.7 cm³/mol. The molecule has 0 aliphatic rings. The zero-order valence-electron chi connectivity index (χ0n) is 13.5. The van der Waals surface area contributed by atoms with E-state index in [1.165, 1.54) is 0 Å². The minimum absolute atomic E-state index is 0.0316. The molecule has 0 atom stereocenters. The van der Waals surface area contributed by atoms with Gasteiger partial charge in [0.2, 0.25) is 0 Å². The Hall–Kier alpha value is -2.27. The van der Waals surface area contributed by atoms with Crippen LogP contribution < -0.4 is 20.3 Å². The Labute approximate surface area is 130 Å². The first kappa shape index (κ1) is 16.1. The Morgan fingerprint density at radius 2 is 1.82 bits per heavy atom. The number of nitrogens with zero attached hydrogens (tertiary/aromatic N) is 1. The lowest BCUT2D eigenvalue weighted by Gasteiger charge is -2.15. The molecule has 118 valence electrons. The molecule has 1 heterocycles. The minimum Gasteiger partial charge on any atom is -0.493 e. The highest BCUT2D eigenvalue weighted by atomic mass is 16.5. The van der Waals surface area contributed by atoms with Gasteiger partial charge in [-0.2, -0.15) is 0 Å². The van der Waals surface area contributed by atoms with Crippen LogP contribution in [0.15, 0.2) is 35.1 Å². The van der Waals surface area contributed by atoms with Crippen LogP contribution in [0, 0.1) is 0 Å². The maximum Gasteiger partial charge on any atom is 0.255 e. The third-order valence-corrected chi connectivity index (χ3v) is 3.62. The molecule has 0 bridgehead atoms. The third-order valence-electron chi connectivity index (χ3n) is 3.62. The molecule has 2 rings (SSSR count). The van der Waals surface area contributed by atoms with Gasteiger partial charge >= 0.3 is 0 Å². The summed E-state index contributed by atoms with van der Waals surface area (Å²) in [6.07, 6.45) is 0. The summed E-state index contributed by atoms with van der Waals surface area (Å²) >= 11 is 0. The van der Waals surface area contributed by atoms with E-state index in [0.29, 0.717) is 24.6 Å². The molecule has 5 heteroatoms. The van der Waals surface area contributed by atoms with Crippen molar-refractivity contribution in [1.82, 2.24) is 9.88 Å². The van der Waals surface area contributed by atoms with E-state index in [9.17, 15) is 4.79 Å². The van der Waals surface area contributed by atoms with Crippen LogP contribution in [0.1, 0.15) is 12.5 Å². The largest absolute Gasteiger partial charge is 0.493 e. The Balaban J connectivity index is 2.57. The van der Waals surface area contributed by atoms with E-state index in [1.54, 1.807) is 18.8 Å². The number of aromatic nitrogens is 1. The van der Waals surface area contributed by atoms with Crippen LogP contribution in [0.2, 0.25) is 0 Å². The van der Waals surface area contributed by atoms with Crippen molar-refractivity contribution >= 4 is 0 Å². The molecular formula is C17H22N2O3. The number of rotatable bonds is 6. The Morgan fingerprint density at radius 1 is 1.09 bits per heavy atom.